The molecule has 7 heteroatoms. The maximum atomic E-state index is 10.8. The fourth-order valence-electron chi connectivity index (χ4n) is 2.48. The average molecular weight is 292 g/mol. The normalized spacial score (nSPS) is 15.1. The number of aromatic nitrogens is 3. The van der Waals surface area contributed by atoms with Crippen molar-refractivity contribution in [3.63, 3.8) is 0 Å². The number of nitrogens with zero attached hydrogens (tertiary/aromatic N) is 6. The molecule has 0 atom stereocenters. The van der Waals surface area contributed by atoms with Gasteiger partial charge in [-0.2, -0.15) is 10.1 Å². The lowest BCUT2D eigenvalue weighted by Gasteiger charge is -2.33. The summed E-state index contributed by atoms with van der Waals surface area (Å²) in [6.07, 6.45) is 4.73. The predicted molar refractivity (Wildman–Crippen MR) is 82.5 cm³/mol. The number of carbonyl (C=O) groups excluding carboxylic acids is 1. The first kappa shape index (κ1) is 15.5. The van der Waals surface area contributed by atoms with E-state index >= 15 is 0 Å². The van der Waals surface area contributed by atoms with Crippen molar-refractivity contribution >= 4 is 18.2 Å². The van der Waals surface area contributed by atoms with Gasteiger partial charge in [0.1, 0.15) is 0 Å². The van der Waals surface area contributed by atoms with Crippen molar-refractivity contribution in [2.45, 2.75) is 26.7 Å². The SMILES string of the molecule is CCCN(CCC)c1nncc(N2CCN(C=O)CC2)n1. The van der Waals surface area contributed by atoms with Gasteiger partial charge in [-0.15, -0.1) is 5.10 Å². The van der Waals surface area contributed by atoms with Crippen LogP contribution in [0, 0.1) is 0 Å². The molecule has 1 fully saturated rings. The van der Waals surface area contributed by atoms with Crippen molar-refractivity contribution in [2.75, 3.05) is 49.1 Å². The maximum Gasteiger partial charge on any atom is 0.247 e. The number of carbonyl (C=O) groups is 1. The smallest absolute Gasteiger partial charge is 0.247 e. The first-order valence-corrected chi connectivity index (χ1v) is 7.67. The Labute approximate surface area is 126 Å². The second-order valence-corrected chi connectivity index (χ2v) is 5.23. The van der Waals surface area contributed by atoms with Gasteiger partial charge in [-0.25, -0.2) is 0 Å². The number of anilines is 2. The zero-order chi connectivity index (χ0) is 15.1. The Bertz CT molecular complexity index is 441. The molecule has 1 saturated heterocycles. The Hall–Kier alpha value is -1.92. The fraction of sp³-hybridized carbons (Fsp3) is 0.714. The zero-order valence-corrected chi connectivity index (χ0v) is 12.9. The topological polar surface area (TPSA) is 65.5 Å². The van der Waals surface area contributed by atoms with Crippen LogP contribution in [0.25, 0.3) is 0 Å². The number of piperazine rings is 1. The van der Waals surface area contributed by atoms with Crippen LogP contribution in [0.4, 0.5) is 11.8 Å². The summed E-state index contributed by atoms with van der Waals surface area (Å²) in [5.41, 5.74) is 0. The summed E-state index contributed by atoms with van der Waals surface area (Å²) in [6.45, 7) is 9.23. The Morgan fingerprint density at radius 1 is 1.19 bits per heavy atom. The van der Waals surface area contributed by atoms with E-state index in [1.165, 1.54) is 0 Å². The minimum atomic E-state index is 0.703. The van der Waals surface area contributed by atoms with E-state index in [4.69, 9.17) is 0 Å². The molecule has 0 spiro atoms. The van der Waals surface area contributed by atoms with Gasteiger partial charge < -0.3 is 14.7 Å². The van der Waals surface area contributed by atoms with E-state index in [1.807, 2.05) is 0 Å². The molecule has 1 aliphatic heterocycles. The highest BCUT2D eigenvalue weighted by Gasteiger charge is 2.18. The molecule has 2 rings (SSSR count). The molecular weight excluding hydrogens is 268 g/mol. The lowest BCUT2D eigenvalue weighted by atomic mass is 10.3. The van der Waals surface area contributed by atoms with E-state index in [2.05, 4.69) is 38.8 Å². The van der Waals surface area contributed by atoms with Crippen molar-refractivity contribution in [2.24, 2.45) is 0 Å². The van der Waals surface area contributed by atoms with E-state index in [9.17, 15) is 4.79 Å². The van der Waals surface area contributed by atoms with Gasteiger partial charge in [0.05, 0.1) is 6.20 Å². The van der Waals surface area contributed by atoms with Crippen LogP contribution in [0.2, 0.25) is 0 Å². The molecule has 0 aromatic carbocycles. The first-order valence-electron chi connectivity index (χ1n) is 7.67. The van der Waals surface area contributed by atoms with E-state index in [1.54, 1.807) is 11.1 Å². The van der Waals surface area contributed by atoms with Gasteiger partial charge in [0, 0.05) is 39.3 Å². The van der Waals surface area contributed by atoms with Crippen LogP contribution >= 0.6 is 0 Å². The van der Waals surface area contributed by atoms with Gasteiger partial charge in [-0.3, -0.25) is 4.79 Å². The van der Waals surface area contributed by atoms with Crippen molar-refractivity contribution in [1.82, 2.24) is 20.1 Å². The predicted octanol–water partition coefficient (Wildman–Crippen LogP) is 0.776. The second kappa shape index (κ2) is 7.75. The van der Waals surface area contributed by atoms with Gasteiger partial charge in [0.25, 0.3) is 0 Å². The molecule has 0 N–H and O–H groups in total. The molecule has 7 nitrogen and oxygen atoms in total. The van der Waals surface area contributed by atoms with Crippen molar-refractivity contribution in [3.05, 3.63) is 6.20 Å². The first-order chi connectivity index (χ1) is 10.3. The minimum Gasteiger partial charge on any atom is -0.352 e. The highest BCUT2D eigenvalue weighted by Crippen LogP contribution is 2.15. The fourth-order valence-corrected chi connectivity index (χ4v) is 2.48. The molecule has 0 radical (unpaired) electrons. The molecule has 0 unspecified atom stereocenters. The third kappa shape index (κ3) is 4.03. The standard InChI is InChI=1S/C14H24N6O/c1-3-5-20(6-4-2)14-16-13(11-15-17-14)19-9-7-18(12-21)8-10-19/h11-12H,3-10H2,1-2H3. The van der Waals surface area contributed by atoms with E-state index in [0.29, 0.717) is 5.95 Å². The van der Waals surface area contributed by atoms with Crippen LogP contribution in [-0.4, -0.2) is 65.8 Å². The average Bonchev–Trinajstić information content (AvgIpc) is 2.55. The molecule has 1 amide bonds. The molecule has 21 heavy (non-hydrogen) atoms. The van der Waals surface area contributed by atoms with Crippen LogP contribution in [-0.2, 0) is 4.79 Å². The van der Waals surface area contributed by atoms with Gasteiger partial charge in [0.15, 0.2) is 5.82 Å². The lowest BCUT2D eigenvalue weighted by molar-refractivity contribution is -0.118. The number of hydrogen-bond donors (Lipinski definition) is 0. The molecule has 0 aliphatic carbocycles. The molecule has 0 bridgehead atoms. The van der Waals surface area contributed by atoms with Crippen LogP contribution in [0.1, 0.15) is 26.7 Å². The Balaban J connectivity index is 2.08. The summed E-state index contributed by atoms with van der Waals surface area (Å²) in [4.78, 5) is 21.5. The third-order valence-electron chi connectivity index (χ3n) is 3.59. The van der Waals surface area contributed by atoms with Crippen molar-refractivity contribution in [3.8, 4) is 0 Å². The third-order valence-corrected chi connectivity index (χ3v) is 3.59. The number of hydrogen-bond acceptors (Lipinski definition) is 6. The summed E-state index contributed by atoms with van der Waals surface area (Å²) in [5.74, 6) is 1.55. The molecule has 1 aliphatic rings. The largest absolute Gasteiger partial charge is 0.352 e. The Kier molecular flexibility index (Phi) is 5.71. The van der Waals surface area contributed by atoms with Crippen LogP contribution in [0.5, 0.6) is 0 Å². The summed E-state index contributed by atoms with van der Waals surface area (Å²) in [5, 5.41) is 8.28. The Morgan fingerprint density at radius 2 is 1.86 bits per heavy atom. The van der Waals surface area contributed by atoms with Crippen LogP contribution < -0.4 is 9.80 Å². The van der Waals surface area contributed by atoms with Gasteiger partial charge in [-0.1, -0.05) is 13.8 Å². The summed E-state index contributed by atoms with van der Waals surface area (Å²) >= 11 is 0. The Morgan fingerprint density at radius 3 is 2.43 bits per heavy atom. The summed E-state index contributed by atoms with van der Waals surface area (Å²) in [6, 6.07) is 0. The zero-order valence-electron chi connectivity index (χ0n) is 12.9. The molecule has 1 aromatic heterocycles. The van der Waals surface area contributed by atoms with E-state index < -0.39 is 0 Å². The maximum absolute atomic E-state index is 10.8. The quantitative estimate of drug-likeness (QED) is 0.692. The van der Waals surface area contributed by atoms with Crippen LogP contribution in [0.15, 0.2) is 6.20 Å². The van der Waals surface area contributed by atoms with Crippen molar-refractivity contribution in [1.29, 1.82) is 0 Å². The summed E-state index contributed by atoms with van der Waals surface area (Å²) in [7, 11) is 0. The minimum absolute atomic E-state index is 0.703. The second-order valence-electron chi connectivity index (χ2n) is 5.23. The highest BCUT2D eigenvalue weighted by atomic mass is 16.1. The van der Waals surface area contributed by atoms with Gasteiger partial charge >= 0.3 is 0 Å². The van der Waals surface area contributed by atoms with Crippen LogP contribution in [0.3, 0.4) is 0 Å². The number of amides is 1. The lowest BCUT2D eigenvalue weighted by Crippen LogP contribution is -2.46. The number of rotatable bonds is 7. The monoisotopic (exact) mass is 292 g/mol. The van der Waals surface area contributed by atoms with E-state index in [0.717, 1.165) is 64.3 Å². The van der Waals surface area contributed by atoms with Crippen molar-refractivity contribution < 1.29 is 4.79 Å². The molecule has 116 valence electrons. The summed E-state index contributed by atoms with van der Waals surface area (Å²) < 4.78 is 0. The van der Waals surface area contributed by atoms with Gasteiger partial charge in [0.2, 0.25) is 12.4 Å². The molecule has 0 saturated carbocycles. The highest BCUT2D eigenvalue weighted by molar-refractivity contribution is 5.49. The van der Waals surface area contributed by atoms with E-state index in [-0.39, 0.29) is 0 Å². The molecule has 2 heterocycles. The molecule has 1 aromatic rings. The van der Waals surface area contributed by atoms with Gasteiger partial charge in [-0.05, 0) is 12.8 Å². The molecular formula is C14H24N6O.